The van der Waals surface area contributed by atoms with Crippen molar-refractivity contribution >= 4 is 33.5 Å². The summed E-state index contributed by atoms with van der Waals surface area (Å²) in [6.07, 6.45) is 4.57. The van der Waals surface area contributed by atoms with Crippen LogP contribution in [0.5, 0.6) is 0 Å². The average molecular weight is 469 g/mol. The number of Topliss-reactive ketones (excluding diaryl/α,β-unsaturated/α-hetero) is 1. The number of rotatable bonds is 9. The second-order valence-corrected chi connectivity index (χ2v) is 9.04. The SMILES string of the molecule is O=C(CCC(=O)N(Cc1ccc(C(=O)NC2CC2)cc1)C1CC1)c1ccc(Br)cc1. The minimum atomic E-state index is -0.0365. The maximum Gasteiger partial charge on any atom is 0.251 e. The molecular formula is C24H25BrN2O3. The van der Waals surface area contributed by atoms with Crippen molar-refractivity contribution in [1.29, 1.82) is 0 Å². The van der Waals surface area contributed by atoms with Crippen LogP contribution >= 0.6 is 15.9 Å². The van der Waals surface area contributed by atoms with E-state index < -0.39 is 0 Å². The van der Waals surface area contributed by atoms with Crippen molar-refractivity contribution in [2.75, 3.05) is 0 Å². The van der Waals surface area contributed by atoms with E-state index in [2.05, 4.69) is 21.2 Å². The molecule has 0 spiro atoms. The minimum Gasteiger partial charge on any atom is -0.349 e. The fourth-order valence-corrected chi connectivity index (χ4v) is 3.67. The highest BCUT2D eigenvalue weighted by molar-refractivity contribution is 9.10. The van der Waals surface area contributed by atoms with Gasteiger partial charge in [-0.1, -0.05) is 40.2 Å². The zero-order valence-electron chi connectivity index (χ0n) is 16.8. The lowest BCUT2D eigenvalue weighted by molar-refractivity contribution is -0.132. The Bertz CT molecular complexity index is 932. The largest absolute Gasteiger partial charge is 0.349 e. The van der Waals surface area contributed by atoms with Crippen LogP contribution < -0.4 is 5.32 Å². The first-order valence-electron chi connectivity index (χ1n) is 10.5. The predicted molar refractivity (Wildman–Crippen MR) is 118 cm³/mol. The van der Waals surface area contributed by atoms with Crippen LogP contribution in [0.4, 0.5) is 0 Å². The van der Waals surface area contributed by atoms with E-state index in [0.29, 0.717) is 23.7 Å². The van der Waals surface area contributed by atoms with Crippen molar-refractivity contribution in [2.24, 2.45) is 0 Å². The molecule has 2 amide bonds. The molecule has 0 bridgehead atoms. The van der Waals surface area contributed by atoms with Crippen molar-refractivity contribution in [3.05, 3.63) is 69.7 Å². The molecule has 0 heterocycles. The van der Waals surface area contributed by atoms with Crippen LogP contribution in [0, 0.1) is 0 Å². The maximum atomic E-state index is 12.8. The Morgan fingerprint density at radius 1 is 0.867 bits per heavy atom. The molecule has 5 nitrogen and oxygen atoms in total. The van der Waals surface area contributed by atoms with E-state index >= 15 is 0 Å². The molecule has 0 saturated heterocycles. The monoisotopic (exact) mass is 468 g/mol. The van der Waals surface area contributed by atoms with Crippen molar-refractivity contribution < 1.29 is 14.4 Å². The highest BCUT2D eigenvalue weighted by atomic mass is 79.9. The van der Waals surface area contributed by atoms with Crippen molar-refractivity contribution in [1.82, 2.24) is 10.2 Å². The summed E-state index contributed by atoms with van der Waals surface area (Å²) < 4.78 is 0.922. The summed E-state index contributed by atoms with van der Waals surface area (Å²) in [5, 5.41) is 2.98. The number of hydrogen-bond acceptors (Lipinski definition) is 3. The second kappa shape index (κ2) is 9.13. The molecule has 1 N–H and O–H groups in total. The van der Waals surface area contributed by atoms with Gasteiger partial charge in [0.05, 0.1) is 0 Å². The highest BCUT2D eigenvalue weighted by Gasteiger charge is 2.32. The van der Waals surface area contributed by atoms with E-state index in [0.717, 1.165) is 35.7 Å². The van der Waals surface area contributed by atoms with Crippen LogP contribution in [0.1, 0.15) is 64.8 Å². The molecule has 0 unspecified atom stereocenters. The summed E-state index contributed by atoms with van der Waals surface area (Å²) in [5.74, 6) is -0.0400. The number of ketones is 1. The maximum absolute atomic E-state index is 12.8. The first kappa shape index (κ1) is 20.8. The lowest BCUT2D eigenvalue weighted by Gasteiger charge is -2.22. The van der Waals surface area contributed by atoms with Crippen LogP contribution in [0.25, 0.3) is 0 Å². The summed E-state index contributed by atoms with van der Waals surface area (Å²) in [5.41, 5.74) is 2.27. The van der Waals surface area contributed by atoms with Crippen LogP contribution in [0.2, 0.25) is 0 Å². The molecule has 0 radical (unpaired) electrons. The van der Waals surface area contributed by atoms with Gasteiger partial charge < -0.3 is 10.2 Å². The number of nitrogens with zero attached hydrogens (tertiary/aromatic N) is 1. The normalized spacial score (nSPS) is 15.5. The zero-order valence-corrected chi connectivity index (χ0v) is 18.4. The summed E-state index contributed by atoms with van der Waals surface area (Å²) in [6, 6.07) is 15.3. The van der Waals surface area contributed by atoms with Crippen LogP contribution in [0.3, 0.4) is 0 Å². The third kappa shape index (κ3) is 5.57. The van der Waals surface area contributed by atoms with Gasteiger partial charge >= 0.3 is 0 Å². The van der Waals surface area contributed by atoms with Gasteiger partial charge in [-0.05, 0) is 55.5 Å². The van der Waals surface area contributed by atoms with Crippen molar-refractivity contribution in [3.63, 3.8) is 0 Å². The third-order valence-electron chi connectivity index (χ3n) is 5.52. The Hall–Kier alpha value is -2.47. The van der Waals surface area contributed by atoms with Crippen LogP contribution in [-0.4, -0.2) is 34.6 Å². The summed E-state index contributed by atoms with van der Waals surface area (Å²) >= 11 is 3.36. The molecule has 2 aromatic carbocycles. The molecule has 4 rings (SSSR count). The Morgan fingerprint density at radius 3 is 2.10 bits per heavy atom. The Balaban J connectivity index is 1.33. The molecule has 0 aliphatic heterocycles. The molecule has 0 aromatic heterocycles. The van der Waals surface area contributed by atoms with Gasteiger partial charge in [-0.25, -0.2) is 0 Å². The first-order chi connectivity index (χ1) is 14.5. The number of halogens is 1. The fraction of sp³-hybridized carbons (Fsp3) is 0.375. The molecule has 0 atom stereocenters. The van der Waals surface area contributed by atoms with Gasteiger partial charge in [-0.15, -0.1) is 0 Å². The molecule has 2 aromatic rings. The number of carbonyl (C=O) groups excluding carboxylic acids is 3. The molecule has 2 aliphatic rings. The Morgan fingerprint density at radius 2 is 1.50 bits per heavy atom. The molecule has 6 heteroatoms. The second-order valence-electron chi connectivity index (χ2n) is 8.13. The van der Waals surface area contributed by atoms with Crippen LogP contribution in [-0.2, 0) is 11.3 Å². The van der Waals surface area contributed by atoms with E-state index in [1.165, 1.54) is 0 Å². The molecule has 2 saturated carbocycles. The number of nitrogens with one attached hydrogen (secondary N) is 1. The van der Waals surface area contributed by atoms with Crippen LogP contribution in [0.15, 0.2) is 53.0 Å². The van der Waals surface area contributed by atoms with Gasteiger partial charge in [-0.3, -0.25) is 14.4 Å². The Kier molecular flexibility index (Phi) is 6.32. The zero-order chi connectivity index (χ0) is 21.1. The topological polar surface area (TPSA) is 66.5 Å². The lowest BCUT2D eigenvalue weighted by Crippen LogP contribution is -2.32. The van der Waals surface area contributed by atoms with Gasteiger partial charge in [0.15, 0.2) is 5.78 Å². The molecule has 30 heavy (non-hydrogen) atoms. The first-order valence-corrected chi connectivity index (χ1v) is 11.3. The number of carbonyl (C=O) groups is 3. The standard InChI is InChI=1S/C24H25BrN2O3/c25-19-7-5-17(6-8-19)22(28)13-14-23(29)27(21-11-12-21)15-16-1-3-18(4-2-16)24(30)26-20-9-10-20/h1-8,20-21H,9-15H2,(H,26,30). The van der Waals surface area contributed by atoms with Gasteiger partial charge in [-0.2, -0.15) is 0 Å². The Labute approximate surface area is 185 Å². The predicted octanol–water partition coefficient (Wildman–Crippen LogP) is 4.50. The van der Waals surface area contributed by atoms with Gasteiger partial charge in [0.2, 0.25) is 5.91 Å². The number of hydrogen-bond donors (Lipinski definition) is 1. The molecule has 156 valence electrons. The summed E-state index contributed by atoms with van der Waals surface area (Å²) in [4.78, 5) is 39.2. The van der Waals surface area contributed by atoms with E-state index in [1.54, 1.807) is 12.1 Å². The van der Waals surface area contributed by atoms with Gasteiger partial charge in [0.25, 0.3) is 5.91 Å². The van der Waals surface area contributed by atoms with Crippen molar-refractivity contribution in [2.45, 2.75) is 57.2 Å². The molecule has 2 aliphatic carbocycles. The lowest BCUT2D eigenvalue weighted by atomic mass is 10.1. The van der Waals surface area contributed by atoms with Gasteiger partial charge in [0.1, 0.15) is 0 Å². The number of benzene rings is 2. The van der Waals surface area contributed by atoms with Crippen molar-refractivity contribution in [3.8, 4) is 0 Å². The van der Waals surface area contributed by atoms with Gasteiger partial charge in [0, 0.05) is 47.1 Å². The van der Waals surface area contributed by atoms with E-state index in [1.807, 2.05) is 41.3 Å². The summed E-state index contributed by atoms with van der Waals surface area (Å²) in [6.45, 7) is 0.514. The molecular weight excluding hydrogens is 444 g/mol. The van der Waals surface area contributed by atoms with E-state index in [9.17, 15) is 14.4 Å². The summed E-state index contributed by atoms with van der Waals surface area (Å²) in [7, 11) is 0. The quantitative estimate of drug-likeness (QED) is 0.551. The van der Waals surface area contributed by atoms with E-state index in [-0.39, 0.29) is 36.5 Å². The average Bonchev–Trinajstić information content (AvgIpc) is 3.66. The molecule has 2 fully saturated rings. The number of amides is 2. The minimum absolute atomic E-state index is 0.0125. The fourth-order valence-electron chi connectivity index (χ4n) is 3.41. The highest BCUT2D eigenvalue weighted by Crippen LogP contribution is 2.29. The third-order valence-corrected chi connectivity index (χ3v) is 6.05. The smallest absolute Gasteiger partial charge is 0.251 e. The van der Waals surface area contributed by atoms with E-state index in [4.69, 9.17) is 0 Å².